The summed E-state index contributed by atoms with van der Waals surface area (Å²) >= 11 is 0. The van der Waals surface area contributed by atoms with Gasteiger partial charge in [-0.25, -0.2) is 0 Å². The van der Waals surface area contributed by atoms with Gasteiger partial charge in [0.15, 0.2) is 0 Å². The summed E-state index contributed by atoms with van der Waals surface area (Å²) < 4.78 is 34.4. The molecule has 0 fully saturated rings. The van der Waals surface area contributed by atoms with E-state index in [2.05, 4.69) is 6.07 Å². The average Bonchev–Trinajstić information content (AvgIpc) is 2.03. The Hall–Kier alpha value is -1.07. The summed E-state index contributed by atoms with van der Waals surface area (Å²) in [7, 11) is -2.68. The van der Waals surface area contributed by atoms with Crippen LogP contribution < -0.4 is 4.74 Å². The second-order valence-electron chi connectivity index (χ2n) is 2.07. The minimum absolute atomic E-state index is 0.261. The molecule has 1 N–H and O–H groups in total. The molecular weight excluding hydrogens is 180 g/mol. The van der Waals surface area contributed by atoms with E-state index in [-0.39, 0.29) is 4.90 Å². The topological polar surface area (TPSA) is 63.6 Å². The van der Waals surface area contributed by atoms with Gasteiger partial charge in [0.2, 0.25) is 0 Å². The van der Waals surface area contributed by atoms with Crippen LogP contribution in [0.4, 0.5) is 0 Å². The molecule has 0 saturated carbocycles. The average molecular weight is 187 g/mol. The Morgan fingerprint density at radius 2 is 2.17 bits per heavy atom. The zero-order valence-electron chi connectivity index (χ0n) is 6.31. The molecule has 0 aliphatic rings. The van der Waals surface area contributed by atoms with Crippen LogP contribution in [0.25, 0.3) is 0 Å². The molecule has 0 spiro atoms. The van der Waals surface area contributed by atoms with Crippen molar-refractivity contribution in [2.24, 2.45) is 0 Å². The Kier molecular flexibility index (Phi) is 2.35. The minimum atomic E-state index is -4.14. The number of ether oxygens (including phenoxy) is 1. The lowest BCUT2D eigenvalue weighted by atomic mass is 10.3. The van der Waals surface area contributed by atoms with Crippen LogP contribution in [0.5, 0.6) is 5.75 Å². The normalized spacial score (nSPS) is 11.2. The van der Waals surface area contributed by atoms with Crippen LogP contribution in [0.2, 0.25) is 0 Å². The molecule has 1 aromatic carbocycles. The molecule has 0 saturated heterocycles. The first-order valence-corrected chi connectivity index (χ1v) is 4.51. The van der Waals surface area contributed by atoms with E-state index in [1.807, 2.05) is 0 Å². The maximum Gasteiger partial charge on any atom is 0.295 e. The highest BCUT2D eigenvalue weighted by Crippen LogP contribution is 2.13. The number of rotatable bonds is 2. The van der Waals surface area contributed by atoms with Gasteiger partial charge in [0.1, 0.15) is 10.6 Å². The monoisotopic (exact) mass is 187 g/mol. The summed E-state index contributed by atoms with van der Waals surface area (Å²) in [5.74, 6) is 0.488. The third kappa shape index (κ3) is 1.96. The standard InChI is InChI=1S/C7H7O4S/c1-11-6-2-4-7(5-3-6)12(8,9)10/h2-4H,1H3,(H,8,9,10). The molecule has 0 unspecified atom stereocenters. The summed E-state index contributed by atoms with van der Waals surface area (Å²) in [6.45, 7) is 0. The molecule has 1 rings (SSSR count). The van der Waals surface area contributed by atoms with Crippen molar-refractivity contribution in [3.63, 3.8) is 0 Å². The molecule has 65 valence electrons. The van der Waals surface area contributed by atoms with E-state index in [0.29, 0.717) is 5.75 Å². The predicted octanol–water partition coefficient (Wildman–Crippen LogP) is 0.742. The van der Waals surface area contributed by atoms with Gasteiger partial charge in [0.05, 0.1) is 7.11 Å². The van der Waals surface area contributed by atoms with Gasteiger partial charge < -0.3 is 4.74 Å². The van der Waals surface area contributed by atoms with E-state index in [1.165, 1.54) is 25.3 Å². The van der Waals surface area contributed by atoms with Gasteiger partial charge in [-0.3, -0.25) is 4.55 Å². The van der Waals surface area contributed by atoms with Crippen molar-refractivity contribution in [1.82, 2.24) is 0 Å². The lowest BCUT2D eigenvalue weighted by Gasteiger charge is -1.98. The van der Waals surface area contributed by atoms with Gasteiger partial charge in [-0.05, 0) is 18.2 Å². The lowest BCUT2D eigenvalue weighted by molar-refractivity contribution is 0.414. The molecule has 12 heavy (non-hydrogen) atoms. The van der Waals surface area contributed by atoms with Gasteiger partial charge >= 0.3 is 0 Å². The van der Waals surface area contributed by atoms with Gasteiger partial charge in [0, 0.05) is 6.07 Å². The maximum atomic E-state index is 10.5. The minimum Gasteiger partial charge on any atom is -0.497 e. The molecule has 1 radical (unpaired) electrons. The first-order valence-electron chi connectivity index (χ1n) is 3.07. The highest BCUT2D eigenvalue weighted by molar-refractivity contribution is 7.85. The van der Waals surface area contributed by atoms with Crippen LogP contribution in [0.15, 0.2) is 23.1 Å². The van der Waals surface area contributed by atoms with Crippen molar-refractivity contribution in [2.45, 2.75) is 4.90 Å². The van der Waals surface area contributed by atoms with E-state index in [0.717, 1.165) is 0 Å². The first-order chi connectivity index (χ1) is 5.54. The molecule has 0 aromatic heterocycles. The second kappa shape index (κ2) is 3.12. The Balaban J connectivity index is 3.09. The number of hydrogen-bond donors (Lipinski definition) is 1. The Bertz CT molecular complexity index is 351. The quantitative estimate of drug-likeness (QED) is 0.693. The highest BCUT2D eigenvalue weighted by atomic mass is 32.2. The first kappa shape index (κ1) is 9.02. The summed E-state index contributed by atoms with van der Waals surface area (Å²) in [5.41, 5.74) is 0. The van der Waals surface area contributed by atoms with Gasteiger partial charge in [-0.2, -0.15) is 8.42 Å². The molecule has 0 aliphatic carbocycles. The molecule has 0 bridgehead atoms. The molecule has 1 aromatic rings. The Morgan fingerprint density at radius 3 is 2.50 bits per heavy atom. The molecule has 0 aliphatic heterocycles. The van der Waals surface area contributed by atoms with E-state index in [1.54, 1.807) is 0 Å². The van der Waals surface area contributed by atoms with Crippen molar-refractivity contribution >= 4 is 10.1 Å². The second-order valence-corrected chi connectivity index (χ2v) is 3.46. The van der Waals surface area contributed by atoms with E-state index in [9.17, 15) is 8.42 Å². The van der Waals surface area contributed by atoms with Crippen LogP contribution >= 0.6 is 0 Å². The van der Waals surface area contributed by atoms with Crippen LogP contribution in [0.3, 0.4) is 0 Å². The zero-order valence-corrected chi connectivity index (χ0v) is 7.13. The summed E-state index contributed by atoms with van der Waals surface area (Å²) in [6.07, 6.45) is 0. The number of benzene rings is 1. The van der Waals surface area contributed by atoms with E-state index >= 15 is 0 Å². The Morgan fingerprint density at radius 1 is 1.50 bits per heavy atom. The van der Waals surface area contributed by atoms with Crippen molar-refractivity contribution < 1.29 is 17.7 Å². The number of methoxy groups -OCH3 is 1. The summed E-state index contributed by atoms with van der Waals surface area (Å²) in [5, 5.41) is 0. The van der Waals surface area contributed by atoms with Gasteiger partial charge in [0.25, 0.3) is 10.1 Å². The predicted molar refractivity (Wildman–Crippen MR) is 41.6 cm³/mol. The lowest BCUT2D eigenvalue weighted by Crippen LogP contribution is -1.97. The highest BCUT2D eigenvalue weighted by Gasteiger charge is 2.08. The molecule has 4 nitrogen and oxygen atoms in total. The largest absolute Gasteiger partial charge is 0.497 e. The summed E-state index contributed by atoms with van der Waals surface area (Å²) in [6, 6.07) is 6.35. The third-order valence-electron chi connectivity index (χ3n) is 1.27. The Labute approximate surface area is 70.5 Å². The molecule has 5 heteroatoms. The van der Waals surface area contributed by atoms with E-state index in [4.69, 9.17) is 9.29 Å². The molecule has 0 amide bonds. The van der Waals surface area contributed by atoms with Crippen LogP contribution in [0, 0.1) is 6.07 Å². The molecule has 0 atom stereocenters. The number of hydrogen-bond acceptors (Lipinski definition) is 3. The van der Waals surface area contributed by atoms with Crippen LogP contribution in [-0.2, 0) is 10.1 Å². The maximum absolute atomic E-state index is 10.5. The van der Waals surface area contributed by atoms with Crippen LogP contribution in [0.1, 0.15) is 0 Å². The zero-order chi connectivity index (χ0) is 9.19. The third-order valence-corrected chi connectivity index (χ3v) is 2.08. The van der Waals surface area contributed by atoms with E-state index < -0.39 is 10.1 Å². The van der Waals surface area contributed by atoms with Crippen LogP contribution in [-0.4, -0.2) is 20.1 Å². The van der Waals surface area contributed by atoms with Crippen molar-refractivity contribution in [2.75, 3.05) is 7.11 Å². The van der Waals surface area contributed by atoms with Crippen molar-refractivity contribution in [3.8, 4) is 5.75 Å². The SMILES string of the molecule is COc1c[c]c(S(=O)(=O)O)cc1. The van der Waals surface area contributed by atoms with Crippen molar-refractivity contribution in [1.29, 1.82) is 0 Å². The molecule has 0 heterocycles. The molecular formula is C7H7O4S. The smallest absolute Gasteiger partial charge is 0.295 e. The van der Waals surface area contributed by atoms with Gasteiger partial charge in [-0.1, -0.05) is 0 Å². The fourth-order valence-corrected chi connectivity index (χ4v) is 1.13. The van der Waals surface area contributed by atoms with Gasteiger partial charge in [-0.15, -0.1) is 0 Å². The van der Waals surface area contributed by atoms with Crippen molar-refractivity contribution in [3.05, 3.63) is 24.3 Å². The fourth-order valence-electron chi connectivity index (χ4n) is 0.684. The summed E-state index contributed by atoms with van der Waals surface area (Å²) in [4.78, 5) is -0.261. The fraction of sp³-hybridized carbons (Fsp3) is 0.143.